The van der Waals surface area contributed by atoms with E-state index in [1.807, 2.05) is 42.5 Å². The highest BCUT2D eigenvalue weighted by Gasteiger charge is 2.30. The van der Waals surface area contributed by atoms with Crippen LogP contribution in [0.25, 0.3) is 10.9 Å². The first kappa shape index (κ1) is 17.5. The van der Waals surface area contributed by atoms with E-state index >= 15 is 0 Å². The number of nitrogens with zero attached hydrogens (tertiary/aromatic N) is 3. The average molecular weight is 349 g/mol. The number of carbonyl (C=O) groups is 2. The van der Waals surface area contributed by atoms with E-state index in [0.717, 1.165) is 5.56 Å². The van der Waals surface area contributed by atoms with Gasteiger partial charge in [0.25, 0.3) is 5.91 Å². The fourth-order valence-electron chi connectivity index (χ4n) is 3.01. The Bertz CT molecular complexity index is 922. The maximum absolute atomic E-state index is 13.1. The monoisotopic (exact) mass is 349 g/mol. The number of carbonyl (C=O) groups excluding carboxylic acids is 1. The molecule has 0 aliphatic carbocycles. The van der Waals surface area contributed by atoms with Crippen LogP contribution in [0.15, 0.2) is 60.8 Å². The first-order valence-corrected chi connectivity index (χ1v) is 8.40. The number of aliphatic carboxylic acids is 1. The molecule has 0 radical (unpaired) electrons. The Labute approximate surface area is 151 Å². The van der Waals surface area contributed by atoms with Gasteiger partial charge in [-0.2, -0.15) is 10.2 Å². The van der Waals surface area contributed by atoms with Crippen LogP contribution in [-0.2, 0) is 11.2 Å². The third-order valence-electron chi connectivity index (χ3n) is 4.31. The van der Waals surface area contributed by atoms with Gasteiger partial charge in [-0.25, -0.2) is 4.79 Å². The van der Waals surface area contributed by atoms with Crippen LogP contribution in [0, 0.1) is 0 Å². The summed E-state index contributed by atoms with van der Waals surface area (Å²) in [5.41, 5.74) is 1.82. The van der Waals surface area contributed by atoms with E-state index in [9.17, 15) is 14.7 Å². The number of rotatable bonds is 6. The van der Waals surface area contributed by atoms with Gasteiger partial charge in [-0.1, -0.05) is 48.5 Å². The normalized spacial score (nSPS) is 11.9. The van der Waals surface area contributed by atoms with E-state index in [0.29, 0.717) is 16.5 Å². The van der Waals surface area contributed by atoms with Crippen LogP contribution in [0.5, 0.6) is 0 Å². The number of hydrogen-bond donors (Lipinski definition) is 1. The molecule has 3 aromatic rings. The highest BCUT2D eigenvalue weighted by atomic mass is 16.4. The number of fused-ring (bicyclic) bond motifs is 1. The topological polar surface area (TPSA) is 83.4 Å². The second kappa shape index (κ2) is 7.74. The molecule has 0 unspecified atom stereocenters. The maximum atomic E-state index is 13.1. The molecule has 0 spiro atoms. The van der Waals surface area contributed by atoms with Crippen molar-refractivity contribution in [2.24, 2.45) is 0 Å². The number of amides is 1. The fourth-order valence-corrected chi connectivity index (χ4v) is 3.01. The molecular formula is C20H19N3O3. The number of carboxylic acids is 1. The molecule has 1 atom stereocenters. The van der Waals surface area contributed by atoms with Crippen molar-refractivity contribution in [3.63, 3.8) is 0 Å². The van der Waals surface area contributed by atoms with Gasteiger partial charge in [0.15, 0.2) is 0 Å². The predicted octanol–water partition coefficient (Wildman–Crippen LogP) is 2.79. The minimum absolute atomic E-state index is 0.242. The summed E-state index contributed by atoms with van der Waals surface area (Å²) in [4.78, 5) is 26.4. The predicted molar refractivity (Wildman–Crippen MR) is 97.8 cm³/mol. The molecule has 1 amide bonds. The summed E-state index contributed by atoms with van der Waals surface area (Å²) in [6, 6.07) is 15.5. The lowest BCUT2D eigenvalue weighted by Gasteiger charge is -2.28. The third-order valence-corrected chi connectivity index (χ3v) is 4.31. The van der Waals surface area contributed by atoms with Crippen LogP contribution in [0.1, 0.15) is 22.8 Å². The first-order chi connectivity index (χ1) is 12.6. The van der Waals surface area contributed by atoms with E-state index in [-0.39, 0.29) is 18.9 Å². The first-order valence-electron chi connectivity index (χ1n) is 8.40. The van der Waals surface area contributed by atoms with Crippen molar-refractivity contribution in [3.8, 4) is 0 Å². The minimum Gasteiger partial charge on any atom is -0.480 e. The van der Waals surface area contributed by atoms with Crippen molar-refractivity contribution >= 4 is 22.8 Å². The van der Waals surface area contributed by atoms with Gasteiger partial charge in [-0.3, -0.25) is 4.79 Å². The molecule has 1 N–H and O–H groups in total. The highest BCUT2D eigenvalue weighted by Crippen LogP contribution is 2.19. The van der Waals surface area contributed by atoms with Gasteiger partial charge >= 0.3 is 5.97 Å². The number of carboxylic acid groups (broad SMARTS) is 1. The third kappa shape index (κ3) is 3.54. The number of aromatic nitrogens is 2. The summed E-state index contributed by atoms with van der Waals surface area (Å²) < 4.78 is 0. The molecule has 132 valence electrons. The largest absolute Gasteiger partial charge is 0.480 e. The summed E-state index contributed by atoms with van der Waals surface area (Å²) in [7, 11) is 0. The number of hydrogen-bond acceptors (Lipinski definition) is 4. The van der Waals surface area contributed by atoms with Crippen molar-refractivity contribution in [2.45, 2.75) is 19.4 Å². The second-order valence-corrected chi connectivity index (χ2v) is 5.91. The Morgan fingerprint density at radius 3 is 2.46 bits per heavy atom. The van der Waals surface area contributed by atoms with Crippen LogP contribution in [-0.4, -0.2) is 44.7 Å². The Morgan fingerprint density at radius 1 is 1.08 bits per heavy atom. The Balaban J connectivity index is 1.97. The van der Waals surface area contributed by atoms with Crippen molar-refractivity contribution < 1.29 is 14.7 Å². The van der Waals surface area contributed by atoms with Crippen LogP contribution >= 0.6 is 0 Å². The summed E-state index contributed by atoms with van der Waals surface area (Å²) >= 11 is 0. The molecule has 0 fully saturated rings. The van der Waals surface area contributed by atoms with Gasteiger partial charge in [0.05, 0.1) is 17.3 Å². The molecule has 26 heavy (non-hydrogen) atoms. The Hall–Kier alpha value is -3.28. The van der Waals surface area contributed by atoms with Gasteiger partial charge < -0.3 is 10.0 Å². The van der Waals surface area contributed by atoms with Crippen LogP contribution in [0.3, 0.4) is 0 Å². The molecule has 3 rings (SSSR count). The Morgan fingerprint density at radius 2 is 1.77 bits per heavy atom. The smallest absolute Gasteiger partial charge is 0.326 e. The van der Waals surface area contributed by atoms with E-state index < -0.39 is 12.0 Å². The molecule has 0 saturated carbocycles. The summed E-state index contributed by atoms with van der Waals surface area (Å²) in [5, 5.41) is 18.3. The number of benzene rings is 2. The summed E-state index contributed by atoms with van der Waals surface area (Å²) in [6.45, 7) is 2.05. The molecule has 0 aliphatic rings. The zero-order chi connectivity index (χ0) is 18.5. The van der Waals surface area contributed by atoms with E-state index in [1.54, 1.807) is 19.1 Å². The van der Waals surface area contributed by atoms with Crippen molar-refractivity contribution in [1.29, 1.82) is 0 Å². The van der Waals surface area contributed by atoms with E-state index in [4.69, 9.17) is 0 Å². The zero-order valence-corrected chi connectivity index (χ0v) is 14.4. The minimum atomic E-state index is -1.03. The summed E-state index contributed by atoms with van der Waals surface area (Å²) in [5.74, 6) is -1.39. The molecule has 6 nitrogen and oxygen atoms in total. The maximum Gasteiger partial charge on any atom is 0.326 e. The van der Waals surface area contributed by atoms with Crippen molar-refractivity contribution in [3.05, 3.63) is 71.9 Å². The lowest BCUT2D eigenvalue weighted by Crippen LogP contribution is -2.46. The van der Waals surface area contributed by atoms with Crippen LogP contribution < -0.4 is 0 Å². The molecule has 0 bridgehead atoms. The van der Waals surface area contributed by atoms with Gasteiger partial charge in [-0.15, -0.1) is 0 Å². The molecule has 0 saturated heterocycles. The molecule has 0 aliphatic heterocycles. The van der Waals surface area contributed by atoms with Crippen molar-refractivity contribution in [2.75, 3.05) is 6.54 Å². The standard InChI is InChI=1S/C20H19N3O3/c1-2-23(18(20(25)26)12-14-8-4-3-5-9-14)19(24)16-13-21-22-17-11-7-6-10-15(16)17/h3-11,13,18H,2,12H2,1H3,(H,25,26)/t18-/m1/s1. The zero-order valence-electron chi connectivity index (χ0n) is 14.4. The van der Waals surface area contributed by atoms with Gasteiger partial charge in [0, 0.05) is 18.4 Å². The number of likely N-dealkylation sites (N-methyl/N-ethyl adjacent to an activating group) is 1. The van der Waals surface area contributed by atoms with E-state index in [1.165, 1.54) is 11.1 Å². The van der Waals surface area contributed by atoms with Gasteiger partial charge in [0.2, 0.25) is 0 Å². The quantitative estimate of drug-likeness (QED) is 0.740. The van der Waals surface area contributed by atoms with Crippen molar-refractivity contribution in [1.82, 2.24) is 15.1 Å². The molecule has 6 heteroatoms. The summed E-state index contributed by atoms with van der Waals surface area (Å²) in [6.07, 6.45) is 1.64. The molecule has 2 aromatic carbocycles. The lowest BCUT2D eigenvalue weighted by atomic mass is 10.0. The molecular weight excluding hydrogens is 330 g/mol. The average Bonchev–Trinajstić information content (AvgIpc) is 2.68. The lowest BCUT2D eigenvalue weighted by molar-refractivity contribution is -0.142. The van der Waals surface area contributed by atoms with E-state index in [2.05, 4.69) is 10.2 Å². The molecule has 1 heterocycles. The second-order valence-electron chi connectivity index (χ2n) is 5.91. The van der Waals surface area contributed by atoms with Gasteiger partial charge in [0.1, 0.15) is 6.04 Å². The van der Waals surface area contributed by atoms with Crippen LogP contribution in [0.4, 0.5) is 0 Å². The van der Waals surface area contributed by atoms with Gasteiger partial charge in [-0.05, 0) is 18.6 Å². The molecule has 1 aromatic heterocycles. The highest BCUT2D eigenvalue weighted by molar-refractivity contribution is 6.06. The van der Waals surface area contributed by atoms with Crippen LogP contribution in [0.2, 0.25) is 0 Å². The Kier molecular flexibility index (Phi) is 5.22. The SMILES string of the molecule is CCN(C(=O)c1cnnc2ccccc12)[C@H](Cc1ccccc1)C(=O)O. The fraction of sp³-hybridized carbons (Fsp3) is 0.200.